The Kier molecular flexibility index (Phi) is 8.40. The molecule has 0 aliphatic carbocycles. The van der Waals surface area contributed by atoms with Crippen LogP contribution in [0.15, 0.2) is 12.7 Å². The van der Waals surface area contributed by atoms with E-state index in [1.165, 1.54) is 6.92 Å². The quantitative estimate of drug-likeness (QED) is 0.407. The first kappa shape index (κ1) is 15.9. The maximum Gasteiger partial charge on any atom is 0.216 e. The molecular formula is C12H19NO3S. The second-order valence-electron chi connectivity index (χ2n) is 3.77. The van der Waals surface area contributed by atoms with Crippen LogP contribution in [0.4, 0.5) is 0 Å². The zero-order valence-corrected chi connectivity index (χ0v) is 11.1. The molecule has 1 unspecified atom stereocenters. The van der Waals surface area contributed by atoms with E-state index in [1.54, 1.807) is 13.0 Å². The van der Waals surface area contributed by atoms with E-state index >= 15 is 0 Å². The Morgan fingerprint density at radius 3 is 2.59 bits per heavy atom. The van der Waals surface area contributed by atoms with Gasteiger partial charge in [-0.15, -0.1) is 6.58 Å². The van der Waals surface area contributed by atoms with E-state index in [1.807, 2.05) is 0 Å². The van der Waals surface area contributed by atoms with Gasteiger partial charge in [0.25, 0.3) is 0 Å². The van der Waals surface area contributed by atoms with Crippen molar-refractivity contribution in [3.8, 4) is 0 Å². The second-order valence-corrected chi connectivity index (χ2v) is 4.92. The molecule has 4 nitrogen and oxygen atoms in total. The van der Waals surface area contributed by atoms with Gasteiger partial charge in [-0.05, 0) is 6.42 Å². The number of thioether (sulfide) groups is 1. The van der Waals surface area contributed by atoms with Gasteiger partial charge in [-0.3, -0.25) is 14.4 Å². The van der Waals surface area contributed by atoms with Gasteiger partial charge < -0.3 is 5.32 Å². The lowest BCUT2D eigenvalue weighted by Crippen LogP contribution is -2.23. The first-order valence-corrected chi connectivity index (χ1v) is 6.49. The lowest BCUT2D eigenvalue weighted by molar-refractivity contribution is -0.126. The van der Waals surface area contributed by atoms with E-state index in [4.69, 9.17) is 0 Å². The highest BCUT2D eigenvalue weighted by molar-refractivity contribution is 8.13. The number of ketones is 1. The fraction of sp³-hybridized carbons (Fsp3) is 0.583. The smallest absolute Gasteiger partial charge is 0.216 e. The summed E-state index contributed by atoms with van der Waals surface area (Å²) in [7, 11) is 0. The molecule has 0 heterocycles. The molecule has 0 rings (SSSR count). The molecule has 1 amide bonds. The van der Waals surface area contributed by atoms with Crippen molar-refractivity contribution in [3.63, 3.8) is 0 Å². The molecule has 0 aromatic carbocycles. The van der Waals surface area contributed by atoms with E-state index in [-0.39, 0.29) is 29.1 Å². The Bertz CT molecular complexity index is 302. The van der Waals surface area contributed by atoms with Gasteiger partial charge in [-0.25, -0.2) is 0 Å². The number of amides is 1. The van der Waals surface area contributed by atoms with Crippen LogP contribution in [0.5, 0.6) is 0 Å². The molecule has 0 radical (unpaired) electrons. The predicted molar refractivity (Wildman–Crippen MR) is 69.8 cm³/mol. The zero-order chi connectivity index (χ0) is 13.3. The topological polar surface area (TPSA) is 63.2 Å². The van der Waals surface area contributed by atoms with E-state index in [0.29, 0.717) is 18.7 Å². The fourth-order valence-corrected chi connectivity index (χ4v) is 1.82. The molecule has 0 fully saturated rings. The van der Waals surface area contributed by atoms with Crippen molar-refractivity contribution in [2.24, 2.45) is 5.92 Å². The van der Waals surface area contributed by atoms with Crippen LogP contribution in [0, 0.1) is 5.92 Å². The summed E-state index contributed by atoms with van der Waals surface area (Å²) in [6, 6.07) is 0. The lowest BCUT2D eigenvalue weighted by Gasteiger charge is -2.06. The van der Waals surface area contributed by atoms with E-state index in [2.05, 4.69) is 11.9 Å². The Labute approximate surface area is 106 Å². The second kappa shape index (κ2) is 8.98. The maximum atomic E-state index is 11.5. The molecule has 0 saturated carbocycles. The minimum absolute atomic E-state index is 0.0419. The molecule has 0 bridgehead atoms. The monoisotopic (exact) mass is 257 g/mol. The van der Waals surface area contributed by atoms with Crippen LogP contribution < -0.4 is 5.32 Å². The average Bonchev–Trinajstić information content (AvgIpc) is 2.24. The molecule has 0 aliphatic rings. The summed E-state index contributed by atoms with van der Waals surface area (Å²) in [4.78, 5) is 33.5. The summed E-state index contributed by atoms with van der Waals surface area (Å²) in [5, 5.41) is 2.44. The fourth-order valence-electron chi connectivity index (χ4n) is 1.14. The number of hydrogen-bond donors (Lipinski definition) is 1. The highest BCUT2D eigenvalue weighted by atomic mass is 32.2. The number of carbonyl (C=O) groups excluding carboxylic acids is 3. The van der Waals surface area contributed by atoms with Crippen molar-refractivity contribution in [2.75, 3.05) is 12.3 Å². The van der Waals surface area contributed by atoms with Crippen molar-refractivity contribution in [1.29, 1.82) is 0 Å². The average molecular weight is 257 g/mol. The third kappa shape index (κ3) is 8.68. The number of carbonyl (C=O) groups is 3. The van der Waals surface area contributed by atoms with Crippen LogP contribution in [0.25, 0.3) is 0 Å². The molecular weight excluding hydrogens is 238 g/mol. The van der Waals surface area contributed by atoms with Gasteiger partial charge in [0.1, 0.15) is 5.78 Å². The van der Waals surface area contributed by atoms with Gasteiger partial charge in [-0.2, -0.15) is 0 Å². The van der Waals surface area contributed by atoms with E-state index in [9.17, 15) is 14.4 Å². The molecule has 0 spiro atoms. The number of Topliss-reactive ketones (excluding diaryl/α,β-unsaturated/α-hetero) is 1. The Balaban J connectivity index is 3.74. The maximum absolute atomic E-state index is 11.5. The molecule has 0 aromatic heterocycles. The highest BCUT2D eigenvalue weighted by Gasteiger charge is 2.15. The largest absolute Gasteiger partial charge is 0.356 e. The third-order valence-electron chi connectivity index (χ3n) is 2.13. The molecule has 96 valence electrons. The van der Waals surface area contributed by atoms with Crippen LogP contribution in [0.2, 0.25) is 0 Å². The van der Waals surface area contributed by atoms with Crippen molar-refractivity contribution in [3.05, 3.63) is 12.7 Å². The van der Waals surface area contributed by atoms with Gasteiger partial charge in [-0.1, -0.05) is 24.8 Å². The van der Waals surface area contributed by atoms with Gasteiger partial charge >= 0.3 is 0 Å². The van der Waals surface area contributed by atoms with Gasteiger partial charge in [0.2, 0.25) is 5.91 Å². The van der Waals surface area contributed by atoms with Crippen LogP contribution >= 0.6 is 11.8 Å². The summed E-state index contributed by atoms with van der Waals surface area (Å²) in [6.45, 7) is 7.22. The van der Waals surface area contributed by atoms with Crippen LogP contribution in [0.3, 0.4) is 0 Å². The van der Waals surface area contributed by atoms with Gasteiger partial charge in [0, 0.05) is 25.1 Å². The predicted octanol–water partition coefficient (Wildman–Crippen LogP) is 1.55. The minimum Gasteiger partial charge on any atom is -0.356 e. The number of hydrogen-bond acceptors (Lipinski definition) is 4. The lowest BCUT2D eigenvalue weighted by atomic mass is 10.0. The van der Waals surface area contributed by atoms with Crippen LogP contribution in [0.1, 0.15) is 26.7 Å². The molecule has 17 heavy (non-hydrogen) atoms. The summed E-state index contributed by atoms with van der Waals surface area (Å²) in [6.07, 6.45) is 2.24. The summed E-state index contributed by atoms with van der Waals surface area (Å²) < 4.78 is 0. The summed E-state index contributed by atoms with van der Waals surface area (Å²) >= 11 is 1.08. The van der Waals surface area contributed by atoms with Gasteiger partial charge in [0.05, 0.1) is 6.42 Å². The number of nitrogens with one attached hydrogen (secondary N) is 1. The van der Waals surface area contributed by atoms with E-state index in [0.717, 1.165) is 11.8 Å². The number of allylic oxidation sites excluding steroid dienone is 1. The molecule has 0 aliphatic heterocycles. The molecule has 0 saturated heterocycles. The first-order valence-electron chi connectivity index (χ1n) is 5.51. The Morgan fingerprint density at radius 2 is 2.06 bits per heavy atom. The molecule has 5 heteroatoms. The summed E-state index contributed by atoms with van der Waals surface area (Å²) in [5.74, 6) is 0.185. The SMILES string of the molecule is C=CCC(C)C(=O)CC(=O)SCCNC(C)=O. The van der Waals surface area contributed by atoms with Crippen molar-refractivity contribution in [2.45, 2.75) is 26.7 Å². The zero-order valence-electron chi connectivity index (χ0n) is 10.3. The first-order chi connectivity index (χ1) is 7.97. The minimum atomic E-state index is -0.146. The van der Waals surface area contributed by atoms with Crippen LogP contribution in [-0.2, 0) is 14.4 Å². The van der Waals surface area contributed by atoms with Crippen molar-refractivity contribution in [1.82, 2.24) is 5.32 Å². The standard InChI is InChI=1S/C12H19NO3S/c1-4-5-9(2)11(15)8-12(16)17-7-6-13-10(3)14/h4,9H,1,5-8H2,2-3H3,(H,13,14). The van der Waals surface area contributed by atoms with Crippen molar-refractivity contribution < 1.29 is 14.4 Å². The Hall–Kier alpha value is -1.10. The van der Waals surface area contributed by atoms with Gasteiger partial charge in [0.15, 0.2) is 5.12 Å². The highest BCUT2D eigenvalue weighted by Crippen LogP contribution is 2.11. The normalized spacial score (nSPS) is 11.6. The van der Waals surface area contributed by atoms with E-state index < -0.39 is 0 Å². The van der Waals surface area contributed by atoms with Crippen LogP contribution in [-0.4, -0.2) is 29.1 Å². The molecule has 0 aromatic rings. The number of rotatable bonds is 8. The molecule has 1 N–H and O–H groups in total. The Morgan fingerprint density at radius 1 is 1.41 bits per heavy atom. The molecule has 1 atom stereocenters. The third-order valence-corrected chi connectivity index (χ3v) is 3.00. The van der Waals surface area contributed by atoms with Crippen molar-refractivity contribution >= 4 is 28.6 Å². The summed E-state index contributed by atoms with van der Waals surface area (Å²) in [5.41, 5.74) is 0.